The zero-order chi connectivity index (χ0) is 18.1. The van der Waals surface area contributed by atoms with Gasteiger partial charge in [-0.2, -0.15) is 9.97 Å². The molecule has 3 N–H and O–H groups in total. The minimum atomic E-state index is -0.797. The van der Waals surface area contributed by atoms with Crippen LogP contribution in [0.25, 0.3) is 10.9 Å². The molecule has 0 aliphatic heterocycles. The van der Waals surface area contributed by atoms with E-state index >= 15 is 0 Å². The average molecular weight is 344 g/mol. The zero-order valence-corrected chi connectivity index (χ0v) is 12.3. The van der Waals surface area contributed by atoms with E-state index in [4.69, 9.17) is 0 Å². The van der Waals surface area contributed by atoms with Crippen molar-refractivity contribution in [3.63, 3.8) is 0 Å². The number of amides is 1. The smallest absolute Gasteiger partial charge is 0.317 e. The third kappa shape index (κ3) is 3.13. The molecule has 0 atom stereocenters. The van der Waals surface area contributed by atoms with Crippen LogP contribution in [0.1, 0.15) is 10.4 Å². The number of non-ortho nitro benzene ring substituents is 1. The summed E-state index contributed by atoms with van der Waals surface area (Å²) in [4.78, 5) is 29.7. The molecule has 0 aliphatic rings. The quantitative estimate of drug-likeness (QED) is 0.489. The van der Waals surface area contributed by atoms with Crippen molar-refractivity contribution >= 4 is 28.2 Å². The number of carbonyl (C=O) groups excluding carboxylic acids is 1. The van der Waals surface area contributed by atoms with E-state index in [0.717, 1.165) is 24.3 Å². The number of hydrogen-bond acceptors (Lipinski definition) is 7. The van der Waals surface area contributed by atoms with Crippen LogP contribution in [0, 0.1) is 15.9 Å². The van der Waals surface area contributed by atoms with Crippen molar-refractivity contribution in [2.75, 3.05) is 5.32 Å². The molecule has 0 radical (unpaired) electrons. The van der Waals surface area contributed by atoms with Crippen LogP contribution >= 0.6 is 0 Å². The van der Waals surface area contributed by atoms with Crippen molar-refractivity contribution < 1.29 is 24.3 Å². The van der Waals surface area contributed by atoms with Crippen molar-refractivity contribution in [2.45, 2.75) is 0 Å². The predicted octanol–water partition coefficient (Wildman–Crippen LogP) is 2.34. The summed E-state index contributed by atoms with van der Waals surface area (Å²) in [6.45, 7) is 0. The minimum Gasteiger partial charge on any atom is -0.493 e. The fourth-order valence-corrected chi connectivity index (χ4v) is 2.20. The SMILES string of the molecule is O=C(Nc1ccc(F)cc1)c1cc([N+](=O)[O-])cc2c(O)nc(O)nc12. The summed E-state index contributed by atoms with van der Waals surface area (Å²) >= 11 is 0. The summed E-state index contributed by atoms with van der Waals surface area (Å²) < 4.78 is 12.9. The van der Waals surface area contributed by atoms with E-state index in [2.05, 4.69) is 15.3 Å². The Kier molecular flexibility index (Phi) is 3.85. The first-order valence-corrected chi connectivity index (χ1v) is 6.80. The highest BCUT2D eigenvalue weighted by molar-refractivity contribution is 6.13. The Labute approximate surface area is 138 Å². The highest BCUT2D eigenvalue weighted by Crippen LogP contribution is 2.31. The summed E-state index contributed by atoms with van der Waals surface area (Å²) in [6, 6.07) is 6.00. The highest BCUT2D eigenvalue weighted by atomic mass is 19.1. The van der Waals surface area contributed by atoms with Gasteiger partial charge >= 0.3 is 6.01 Å². The van der Waals surface area contributed by atoms with Crippen molar-refractivity contribution in [3.8, 4) is 11.9 Å². The molecule has 10 heteroatoms. The van der Waals surface area contributed by atoms with Gasteiger partial charge in [-0.05, 0) is 24.3 Å². The molecule has 0 bridgehead atoms. The Bertz CT molecular complexity index is 1010. The number of nitro benzene ring substituents is 1. The second kappa shape index (κ2) is 6.00. The number of carbonyl (C=O) groups is 1. The number of halogens is 1. The molecule has 1 aromatic heterocycles. The Balaban J connectivity index is 2.14. The van der Waals surface area contributed by atoms with E-state index in [0.29, 0.717) is 0 Å². The van der Waals surface area contributed by atoms with Crippen LogP contribution in [0.4, 0.5) is 15.8 Å². The summed E-state index contributed by atoms with van der Waals surface area (Å²) in [7, 11) is 0. The van der Waals surface area contributed by atoms with Crippen molar-refractivity contribution in [2.24, 2.45) is 0 Å². The van der Waals surface area contributed by atoms with Crippen LogP contribution in [0.2, 0.25) is 0 Å². The number of benzene rings is 2. The molecule has 0 spiro atoms. The molecule has 3 rings (SSSR count). The minimum absolute atomic E-state index is 0.170. The van der Waals surface area contributed by atoms with Crippen LogP contribution in [0.3, 0.4) is 0 Å². The molecule has 0 aliphatic carbocycles. The van der Waals surface area contributed by atoms with E-state index in [1.54, 1.807) is 0 Å². The third-order valence-corrected chi connectivity index (χ3v) is 3.31. The van der Waals surface area contributed by atoms with Crippen LogP contribution in [0.15, 0.2) is 36.4 Å². The van der Waals surface area contributed by atoms with Gasteiger partial charge < -0.3 is 15.5 Å². The maximum absolute atomic E-state index is 12.9. The van der Waals surface area contributed by atoms with Gasteiger partial charge in [-0.15, -0.1) is 0 Å². The number of rotatable bonds is 3. The normalized spacial score (nSPS) is 10.6. The number of anilines is 1. The van der Waals surface area contributed by atoms with Gasteiger partial charge in [0.25, 0.3) is 11.6 Å². The van der Waals surface area contributed by atoms with Gasteiger partial charge in [0.1, 0.15) is 5.82 Å². The summed E-state index contributed by atoms with van der Waals surface area (Å²) in [5.41, 5.74) is -0.661. The van der Waals surface area contributed by atoms with E-state index in [1.165, 1.54) is 12.1 Å². The molecule has 0 unspecified atom stereocenters. The van der Waals surface area contributed by atoms with Gasteiger partial charge in [-0.1, -0.05) is 0 Å². The number of hydrogen-bond donors (Lipinski definition) is 3. The fourth-order valence-electron chi connectivity index (χ4n) is 2.20. The Morgan fingerprint density at radius 3 is 2.48 bits per heavy atom. The van der Waals surface area contributed by atoms with E-state index < -0.39 is 34.2 Å². The Hall–Kier alpha value is -3.82. The Morgan fingerprint density at radius 1 is 1.16 bits per heavy atom. The highest BCUT2D eigenvalue weighted by Gasteiger charge is 2.21. The fraction of sp³-hybridized carbons (Fsp3) is 0. The summed E-state index contributed by atoms with van der Waals surface area (Å²) in [6.07, 6.45) is 0. The van der Waals surface area contributed by atoms with Gasteiger partial charge in [0, 0.05) is 17.8 Å². The molecular weight excluding hydrogens is 335 g/mol. The topological polar surface area (TPSA) is 138 Å². The molecule has 0 fully saturated rings. The molecular formula is C15H9FN4O5. The number of nitrogens with one attached hydrogen (secondary N) is 1. The largest absolute Gasteiger partial charge is 0.493 e. The molecule has 1 heterocycles. The number of nitrogens with zero attached hydrogens (tertiary/aromatic N) is 3. The molecule has 1 amide bonds. The first kappa shape index (κ1) is 16.1. The standard InChI is InChI=1S/C15H9FN4O5/c16-7-1-3-8(4-2-7)17-13(21)10-5-9(20(24)25)6-11-12(10)18-15(23)19-14(11)22/h1-6H,(H,17,21)(H2,18,19,22,23). The Morgan fingerprint density at radius 2 is 1.84 bits per heavy atom. The lowest BCUT2D eigenvalue weighted by atomic mass is 10.1. The van der Waals surface area contributed by atoms with Crippen LogP contribution in [-0.4, -0.2) is 31.0 Å². The lowest BCUT2D eigenvalue weighted by Gasteiger charge is -2.08. The molecule has 0 saturated carbocycles. The van der Waals surface area contributed by atoms with E-state index in [1.807, 2.05) is 0 Å². The van der Waals surface area contributed by atoms with Crippen LogP contribution < -0.4 is 5.32 Å². The lowest BCUT2D eigenvalue weighted by Crippen LogP contribution is -2.13. The van der Waals surface area contributed by atoms with Crippen LogP contribution in [-0.2, 0) is 0 Å². The van der Waals surface area contributed by atoms with Gasteiger partial charge in [0.05, 0.1) is 21.4 Å². The van der Waals surface area contributed by atoms with Crippen molar-refractivity contribution in [1.82, 2.24) is 9.97 Å². The molecule has 126 valence electrons. The van der Waals surface area contributed by atoms with E-state index in [9.17, 15) is 29.5 Å². The maximum atomic E-state index is 12.9. The molecule has 0 saturated heterocycles. The molecule has 9 nitrogen and oxygen atoms in total. The summed E-state index contributed by atoms with van der Waals surface area (Å²) in [5.74, 6) is -2.00. The number of fused-ring (bicyclic) bond motifs is 1. The van der Waals surface area contributed by atoms with E-state index in [-0.39, 0.29) is 22.2 Å². The average Bonchev–Trinajstić information content (AvgIpc) is 2.56. The second-order valence-corrected chi connectivity index (χ2v) is 4.95. The lowest BCUT2D eigenvalue weighted by molar-refractivity contribution is -0.384. The summed E-state index contributed by atoms with van der Waals surface area (Å²) in [5, 5.41) is 32.5. The third-order valence-electron chi connectivity index (χ3n) is 3.31. The number of nitro groups is 1. The first-order valence-electron chi connectivity index (χ1n) is 6.80. The predicted molar refractivity (Wildman–Crippen MR) is 83.9 cm³/mol. The second-order valence-electron chi connectivity index (χ2n) is 4.95. The van der Waals surface area contributed by atoms with Crippen molar-refractivity contribution in [1.29, 1.82) is 0 Å². The van der Waals surface area contributed by atoms with Gasteiger partial charge in [0.2, 0.25) is 5.88 Å². The first-order chi connectivity index (χ1) is 11.8. The van der Waals surface area contributed by atoms with Gasteiger partial charge in [-0.25, -0.2) is 4.39 Å². The molecule has 2 aromatic carbocycles. The maximum Gasteiger partial charge on any atom is 0.317 e. The van der Waals surface area contributed by atoms with Gasteiger partial charge in [-0.3, -0.25) is 14.9 Å². The van der Waals surface area contributed by atoms with Crippen molar-refractivity contribution in [3.05, 3.63) is 57.9 Å². The monoisotopic (exact) mass is 344 g/mol. The number of aromatic hydroxyl groups is 2. The molecule has 3 aromatic rings. The molecule has 25 heavy (non-hydrogen) atoms. The van der Waals surface area contributed by atoms with Gasteiger partial charge in [0.15, 0.2) is 0 Å². The zero-order valence-electron chi connectivity index (χ0n) is 12.3. The van der Waals surface area contributed by atoms with Crippen LogP contribution in [0.5, 0.6) is 11.9 Å². The number of aromatic nitrogens is 2.